The second-order valence-electron chi connectivity index (χ2n) is 24.7. The Bertz CT molecular complexity index is 3630. The third-order valence-electron chi connectivity index (χ3n) is 17.8. The van der Waals surface area contributed by atoms with E-state index in [4.69, 9.17) is 75.8 Å². The zero-order valence-electron chi connectivity index (χ0n) is 61.3. The Morgan fingerprint density at radius 1 is 0.231 bits per heavy atom. The zero-order valence-corrected chi connectivity index (χ0v) is 61.3. The van der Waals surface area contributed by atoms with E-state index in [9.17, 15) is 40.9 Å². The maximum Gasteiger partial charge on any atom is 0.203 e. The number of aromatic hydroxyl groups is 8. The van der Waals surface area contributed by atoms with Gasteiger partial charge in [-0.05, 0) is 217 Å². The van der Waals surface area contributed by atoms with E-state index in [1.807, 2.05) is 48.5 Å². The van der Waals surface area contributed by atoms with E-state index in [2.05, 4.69) is 0 Å². The largest absolute Gasteiger partial charge is 0.504 e. The highest BCUT2D eigenvalue weighted by atomic mass is 16.6. The fourth-order valence-electron chi connectivity index (χ4n) is 12.5. The summed E-state index contributed by atoms with van der Waals surface area (Å²) in [5, 5.41) is 81.1. The minimum Gasteiger partial charge on any atom is -0.504 e. The predicted octanol–water partition coefficient (Wildman–Crippen LogP) is 13.6. The van der Waals surface area contributed by atoms with Crippen LogP contribution in [0.5, 0.6) is 115 Å². The van der Waals surface area contributed by atoms with E-state index in [0.29, 0.717) is 147 Å². The normalized spacial score (nSPS) is 12.2. The van der Waals surface area contributed by atoms with Crippen LogP contribution in [0.25, 0.3) is 0 Å². The van der Waals surface area contributed by atoms with Crippen LogP contribution in [0, 0.1) is 23.7 Å². The van der Waals surface area contributed by atoms with Crippen LogP contribution in [0.2, 0.25) is 0 Å². The van der Waals surface area contributed by atoms with Crippen LogP contribution in [0.15, 0.2) is 121 Å². The first-order valence-corrected chi connectivity index (χ1v) is 33.8. The second-order valence-corrected chi connectivity index (χ2v) is 24.7. The fraction of sp³-hybridized carbons (Fsp3) is 0.400. The van der Waals surface area contributed by atoms with Crippen molar-refractivity contribution in [2.24, 2.45) is 23.7 Å². The van der Waals surface area contributed by atoms with Crippen LogP contribution in [-0.2, 0) is 71.1 Å². The number of phenolic OH excluding ortho intramolecular Hbond substituents is 8. The summed E-state index contributed by atoms with van der Waals surface area (Å²) in [7, 11) is 18.7. The topological polar surface area (TPSA) is 310 Å². The summed E-state index contributed by atoms with van der Waals surface area (Å²) in [4.78, 5) is 0. The molecule has 0 heterocycles. The molecule has 8 aromatic carbocycles. The van der Waals surface area contributed by atoms with Gasteiger partial charge in [0.15, 0.2) is 92.0 Å². The molecular formula is C80H100O24. The summed E-state index contributed by atoms with van der Waals surface area (Å²) in [6, 6.07) is 34.1. The molecule has 0 aliphatic heterocycles. The van der Waals surface area contributed by atoms with Crippen LogP contribution >= 0.6 is 0 Å². The Morgan fingerprint density at radius 2 is 0.442 bits per heavy atom. The third-order valence-corrected chi connectivity index (χ3v) is 17.8. The van der Waals surface area contributed by atoms with Gasteiger partial charge in [-0.25, -0.2) is 0 Å². The van der Waals surface area contributed by atoms with E-state index in [-0.39, 0.29) is 82.9 Å². The first-order chi connectivity index (χ1) is 50.3. The lowest BCUT2D eigenvalue weighted by atomic mass is 9.80. The highest BCUT2D eigenvalue weighted by Crippen LogP contribution is 2.44. The Kier molecular flexibility index (Phi) is 31.9. The summed E-state index contributed by atoms with van der Waals surface area (Å²) in [5.41, 5.74) is 6.75. The highest BCUT2D eigenvalue weighted by molar-refractivity contribution is 5.57. The third kappa shape index (κ3) is 22.8. The van der Waals surface area contributed by atoms with E-state index in [1.165, 1.54) is 24.3 Å². The Balaban J connectivity index is 0.000000291. The summed E-state index contributed by atoms with van der Waals surface area (Å²) >= 11 is 0. The van der Waals surface area contributed by atoms with Gasteiger partial charge in [0.25, 0.3) is 0 Å². The lowest BCUT2D eigenvalue weighted by Gasteiger charge is -2.28. The smallest absolute Gasteiger partial charge is 0.203 e. The van der Waals surface area contributed by atoms with Gasteiger partial charge in [-0.1, -0.05) is 24.3 Å². The Hall–Kier alpha value is -10.4. The average Bonchev–Trinajstić information content (AvgIpc) is 0.865. The minimum atomic E-state index is -0.199. The molecule has 0 spiro atoms. The molecule has 0 aromatic heterocycles. The predicted molar refractivity (Wildman–Crippen MR) is 389 cm³/mol. The van der Waals surface area contributed by atoms with Crippen LogP contribution in [0.1, 0.15) is 70.2 Å². The second kappa shape index (κ2) is 41.0. The molecule has 104 heavy (non-hydrogen) atoms. The lowest BCUT2D eigenvalue weighted by Crippen LogP contribution is -2.25. The van der Waals surface area contributed by atoms with Crippen molar-refractivity contribution in [2.45, 2.75) is 77.8 Å². The molecule has 0 saturated carbocycles. The molecule has 0 aliphatic rings. The maximum atomic E-state index is 10.3. The van der Waals surface area contributed by atoms with Gasteiger partial charge in [-0.15, -0.1) is 0 Å². The average molecular weight is 1450 g/mol. The number of hydrogen-bond donors (Lipinski definition) is 8. The summed E-state index contributed by atoms with van der Waals surface area (Å²) in [5.74, 6) is 4.62. The molecule has 8 N–H and O–H groups in total. The van der Waals surface area contributed by atoms with Crippen molar-refractivity contribution in [3.63, 3.8) is 0 Å². The van der Waals surface area contributed by atoms with Crippen molar-refractivity contribution < 1.29 is 117 Å². The number of methoxy groups -OCH3 is 12. The van der Waals surface area contributed by atoms with Crippen molar-refractivity contribution in [3.05, 3.63) is 166 Å². The van der Waals surface area contributed by atoms with Gasteiger partial charge in [-0.3, -0.25) is 0 Å². The van der Waals surface area contributed by atoms with Gasteiger partial charge in [0.05, 0.1) is 125 Å². The van der Waals surface area contributed by atoms with Crippen LogP contribution in [0.3, 0.4) is 0 Å². The first-order valence-electron chi connectivity index (χ1n) is 33.8. The van der Waals surface area contributed by atoms with Gasteiger partial charge >= 0.3 is 0 Å². The molecule has 0 amide bonds. The van der Waals surface area contributed by atoms with Gasteiger partial charge in [0.1, 0.15) is 0 Å². The summed E-state index contributed by atoms with van der Waals surface area (Å²) in [6.07, 6.45) is 5.10. The standard InChI is InChI=1S/2C40H50O12/c2*1-45-35-18-27(19-36(46-2)39(35)49-5)22-51-13-7-8-29(14-25-9-11-31(41)33(43)16-25)30(15-26-10-12-32(42)34(44)17-26)24-52-23-28-20-37(47-3)40(50-6)38(21-28)48-4/h2*9-12,16-21,29-30,41-44H,7-8,13-15,22-24H2,1-6H3/t2*29-,30+/m10/s1. The van der Waals surface area contributed by atoms with Gasteiger partial charge in [-0.2, -0.15) is 0 Å². The molecule has 8 aromatic rings. The van der Waals surface area contributed by atoms with E-state index < -0.39 is 0 Å². The van der Waals surface area contributed by atoms with Crippen molar-refractivity contribution in [3.8, 4) is 115 Å². The highest BCUT2D eigenvalue weighted by Gasteiger charge is 2.28. The van der Waals surface area contributed by atoms with Crippen LogP contribution in [0.4, 0.5) is 0 Å². The molecule has 564 valence electrons. The molecular weight excluding hydrogens is 1340 g/mol. The molecule has 0 aliphatic carbocycles. The summed E-state index contributed by atoms with van der Waals surface area (Å²) < 4.78 is 90.8. The molecule has 0 fully saturated rings. The maximum absolute atomic E-state index is 10.3. The molecule has 24 heteroatoms. The van der Waals surface area contributed by atoms with Crippen LogP contribution < -0.4 is 56.8 Å². The molecule has 0 unspecified atom stereocenters. The SMILES string of the molecule is COc1cc(COCCC[C@@H](Cc2ccc(O)c(O)c2)[C@@H](COCc2cc(OC)c(OC)c(OC)c2)Cc2ccc(O)c(O)c2)cc(OC)c1OC.COc1cc(COCCC[C@H](Cc2ccc(O)c(O)c2)[C@H](COCc2cc(OC)c(OC)c(OC)c2)Cc2ccc(O)c(O)c2)cc(OC)c1OC. The van der Waals surface area contributed by atoms with Crippen molar-refractivity contribution in [1.29, 1.82) is 0 Å². The quantitative estimate of drug-likeness (QED) is 0.0130. The van der Waals surface area contributed by atoms with Crippen molar-refractivity contribution >= 4 is 0 Å². The van der Waals surface area contributed by atoms with Gasteiger partial charge in [0, 0.05) is 13.2 Å². The number of hydrogen-bond acceptors (Lipinski definition) is 24. The van der Waals surface area contributed by atoms with Gasteiger partial charge in [0.2, 0.25) is 23.0 Å². The fourth-order valence-corrected chi connectivity index (χ4v) is 12.5. The minimum absolute atomic E-state index is 0.0182. The Morgan fingerprint density at radius 3 is 0.644 bits per heavy atom. The van der Waals surface area contributed by atoms with E-state index in [0.717, 1.165) is 57.3 Å². The van der Waals surface area contributed by atoms with Gasteiger partial charge < -0.3 is 117 Å². The molecule has 24 nitrogen and oxygen atoms in total. The van der Waals surface area contributed by atoms with E-state index in [1.54, 1.807) is 134 Å². The number of ether oxygens (including phenoxy) is 16. The summed E-state index contributed by atoms with van der Waals surface area (Å²) in [6.45, 7) is 2.82. The molecule has 0 radical (unpaired) electrons. The zero-order chi connectivity index (χ0) is 75.2. The van der Waals surface area contributed by atoms with Crippen molar-refractivity contribution in [2.75, 3.05) is 112 Å². The molecule has 0 bridgehead atoms. The Labute approximate surface area is 608 Å². The van der Waals surface area contributed by atoms with Crippen molar-refractivity contribution in [1.82, 2.24) is 0 Å². The monoisotopic (exact) mass is 1440 g/mol. The molecule has 4 atom stereocenters. The first kappa shape index (κ1) is 80.9. The number of rotatable bonds is 42. The number of phenols is 8. The molecule has 8 rings (SSSR count). The number of benzene rings is 8. The molecule has 0 saturated heterocycles. The van der Waals surface area contributed by atoms with E-state index >= 15 is 0 Å². The van der Waals surface area contributed by atoms with Crippen LogP contribution in [-0.4, -0.2) is 153 Å². The lowest BCUT2D eigenvalue weighted by molar-refractivity contribution is 0.0578.